The molecule has 0 bridgehead atoms. The van der Waals surface area contributed by atoms with Gasteiger partial charge in [-0.2, -0.15) is 39.5 Å². The van der Waals surface area contributed by atoms with Gasteiger partial charge in [-0.3, -0.25) is 4.72 Å². The van der Waals surface area contributed by atoms with Crippen molar-refractivity contribution < 1.29 is 65.5 Å². The van der Waals surface area contributed by atoms with Crippen LogP contribution in [0.5, 0.6) is 0 Å². The quantitative estimate of drug-likeness (QED) is 0.193. The molecule has 3 aromatic carbocycles. The standard InChI is InChI=1S/C21H8F13NO2S/c22-14-12(8-6-10(19(26,27)28)13(21(32,33)34)11(7-8)20(29,30)31)18(17(25)16(24)15(14)23)35-38(36,37)9-4-2-1-3-5-9/h1-7,35H. The molecule has 0 fully saturated rings. The van der Waals surface area contributed by atoms with Crippen LogP contribution in [0.25, 0.3) is 11.1 Å². The van der Waals surface area contributed by atoms with E-state index in [4.69, 9.17) is 0 Å². The lowest BCUT2D eigenvalue weighted by atomic mass is 9.92. The lowest BCUT2D eigenvalue weighted by molar-refractivity contribution is -0.174. The molecule has 0 spiro atoms. The molecule has 0 aliphatic carbocycles. The van der Waals surface area contributed by atoms with Gasteiger partial charge in [0.25, 0.3) is 10.0 Å². The van der Waals surface area contributed by atoms with Gasteiger partial charge in [0.2, 0.25) is 0 Å². The maximum Gasteiger partial charge on any atom is 0.417 e. The second-order valence-electron chi connectivity index (χ2n) is 7.36. The number of halogens is 13. The molecule has 0 saturated heterocycles. The fourth-order valence-corrected chi connectivity index (χ4v) is 4.42. The molecule has 206 valence electrons. The number of alkyl halides is 9. The molecule has 0 heterocycles. The van der Waals surface area contributed by atoms with E-state index in [0.717, 1.165) is 24.3 Å². The molecule has 3 nitrogen and oxygen atoms in total. The number of rotatable bonds is 4. The highest BCUT2D eigenvalue weighted by Crippen LogP contribution is 2.49. The molecule has 3 rings (SSSR count). The van der Waals surface area contributed by atoms with E-state index in [1.807, 2.05) is 0 Å². The van der Waals surface area contributed by atoms with Crippen LogP contribution in [0.3, 0.4) is 0 Å². The van der Waals surface area contributed by atoms with Gasteiger partial charge < -0.3 is 0 Å². The second kappa shape index (κ2) is 9.36. The van der Waals surface area contributed by atoms with Gasteiger partial charge in [-0.15, -0.1) is 0 Å². The van der Waals surface area contributed by atoms with Crippen molar-refractivity contribution in [2.45, 2.75) is 23.4 Å². The van der Waals surface area contributed by atoms with Crippen molar-refractivity contribution in [2.75, 3.05) is 4.72 Å². The van der Waals surface area contributed by atoms with Gasteiger partial charge in [0.05, 0.1) is 27.3 Å². The van der Waals surface area contributed by atoms with E-state index in [9.17, 15) is 65.5 Å². The molecule has 0 unspecified atom stereocenters. The lowest BCUT2D eigenvalue weighted by Crippen LogP contribution is -2.23. The van der Waals surface area contributed by atoms with Crippen LogP contribution in [-0.4, -0.2) is 8.42 Å². The minimum absolute atomic E-state index is 0.729. The summed E-state index contributed by atoms with van der Waals surface area (Å²) in [7, 11) is -5.09. The molecule has 3 aromatic rings. The van der Waals surface area contributed by atoms with Crippen LogP contribution in [0.4, 0.5) is 62.8 Å². The van der Waals surface area contributed by atoms with Crippen molar-refractivity contribution in [3.63, 3.8) is 0 Å². The Hall–Kier alpha value is -3.50. The van der Waals surface area contributed by atoms with E-state index in [1.54, 1.807) is 0 Å². The van der Waals surface area contributed by atoms with Crippen LogP contribution in [-0.2, 0) is 28.6 Å². The van der Waals surface area contributed by atoms with Gasteiger partial charge in [0, 0.05) is 5.56 Å². The average molecular weight is 585 g/mol. The molecule has 38 heavy (non-hydrogen) atoms. The Morgan fingerprint density at radius 1 is 0.605 bits per heavy atom. The minimum atomic E-state index is -6.29. The van der Waals surface area contributed by atoms with Crippen LogP contribution in [0, 0.1) is 23.3 Å². The SMILES string of the molecule is O=S(=O)(Nc1c(F)c(F)c(F)c(F)c1-c1cc(C(F)(F)F)c(C(F)(F)F)c(C(F)(F)F)c1)c1ccccc1. The van der Waals surface area contributed by atoms with Gasteiger partial charge in [-0.25, -0.2) is 26.0 Å². The smallest absolute Gasteiger partial charge is 0.276 e. The van der Waals surface area contributed by atoms with Gasteiger partial charge in [-0.1, -0.05) is 18.2 Å². The van der Waals surface area contributed by atoms with E-state index < -0.39 is 102 Å². The van der Waals surface area contributed by atoms with Gasteiger partial charge in [0.15, 0.2) is 23.3 Å². The Morgan fingerprint density at radius 2 is 1.05 bits per heavy atom. The molecule has 17 heteroatoms. The molecule has 0 radical (unpaired) electrons. The van der Waals surface area contributed by atoms with E-state index in [-0.39, 0.29) is 0 Å². The van der Waals surface area contributed by atoms with E-state index >= 15 is 0 Å². The van der Waals surface area contributed by atoms with Crippen molar-refractivity contribution in [3.8, 4) is 11.1 Å². The van der Waals surface area contributed by atoms with E-state index in [0.29, 0.717) is 0 Å². The molecule has 0 amide bonds. The topological polar surface area (TPSA) is 46.2 Å². The number of sulfonamides is 1. The first-order chi connectivity index (χ1) is 17.2. The fraction of sp³-hybridized carbons (Fsp3) is 0.143. The summed E-state index contributed by atoms with van der Waals surface area (Å²) in [6, 6.07) is 3.68. The summed E-state index contributed by atoms with van der Waals surface area (Å²) in [4.78, 5) is -0.755. The molecule has 0 aromatic heterocycles. The molecule has 0 aliphatic rings. The molecular formula is C21H8F13NO2S. The maximum atomic E-state index is 14.8. The predicted molar refractivity (Wildman–Crippen MR) is 104 cm³/mol. The van der Waals surface area contributed by atoms with Gasteiger partial charge >= 0.3 is 18.5 Å². The Labute approximate surface area is 203 Å². The van der Waals surface area contributed by atoms with Crippen LogP contribution in [0.1, 0.15) is 16.7 Å². The summed E-state index contributed by atoms with van der Waals surface area (Å²) in [5.74, 6) is -10.8. The third-order valence-electron chi connectivity index (χ3n) is 4.88. The van der Waals surface area contributed by atoms with Gasteiger partial charge in [-0.05, 0) is 29.8 Å². The molecule has 0 atom stereocenters. The molecular weight excluding hydrogens is 577 g/mol. The number of benzene rings is 3. The van der Waals surface area contributed by atoms with Crippen LogP contribution in [0.2, 0.25) is 0 Å². The largest absolute Gasteiger partial charge is 0.417 e. The third-order valence-corrected chi connectivity index (χ3v) is 6.24. The Bertz CT molecular complexity index is 1460. The van der Waals surface area contributed by atoms with Crippen molar-refractivity contribution in [1.29, 1.82) is 0 Å². The van der Waals surface area contributed by atoms with Crippen molar-refractivity contribution in [1.82, 2.24) is 0 Å². The average Bonchev–Trinajstić information content (AvgIpc) is 2.79. The summed E-state index contributed by atoms with van der Waals surface area (Å²) in [5, 5.41) is 0. The van der Waals surface area contributed by atoms with Crippen molar-refractivity contribution in [3.05, 3.63) is 82.4 Å². The fourth-order valence-electron chi connectivity index (χ4n) is 3.33. The molecule has 1 N–H and O–H groups in total. The normalized spacial score (nSPS) is 13.1. The monoisotopic (exact) mass is 585 g/mol. The summed E-state index contributed by atoms with van der Waals surface area (Å²) >= 11 is 0. The first kappa shape index (κ1) is 29.1. The Balaban J connectivity index is 2.50. The second-order valence-corrected chi connectivity index (χ2v) is 9.05. The van der Waals surface area contributed by atoms with Crippen LogP contribution in [0.15, 0.2) is 47.4 Å². The van der Waals surface area contributed by atoms with Crippen LogP contribution >= 0.6 is 0 Å². The highest BCUT2D eigenvalue weighted by atomic mass is 32.2. The number of hydrogen-bond acceptors (Lipinski definition) is 2. The molecule has 0 aliphatic heterocycles. The highest BCUT2D eigenvalue weighted by molar-refractivity contribution is 7.92. The summed E-state index contributed by atoms with van der Waals surface area (Å²) < 4.78 is 205. The summed E-state index contributed by atoms with van der Waals surface area (Å²) in [6.07, 6.45) is -18.7. The Morgan fingerprint density at radius 3 is 1.47 bits per heavy atom. The summed E-state index contributed by atoms with van der Waals surface area (Å²) in [6.45, 7) is 0. The third kappa shape index (κ3) is 5.37. The van der Waals surface area contributed by atoms with Crippen molar-refractivity contribution >= 4 is 15.7 Å². The zero-order chi connectivity index (χ0) is 29.0. The predicted octanol–water partition coefficient (Wildman–Crippen LogP) is 7.77. The first-order valence-corrected chi connectivity index (χ1v) is 11.0. The van der Waals surface area contributed by atoms with Crippen molar-refractivity contribution in [2.24, 2.45) is 0 Å². The number of anilines is 1. The Kier molecular flexibility index (Phi) is 7.15. The number of hydrogen-bond donors (Lipinski definition) is 1. The maximum absolute atomic E-state index is 14.8. The molecule has 0 saturated carbocycles. The lowest BCUT2D eigenvalue weighted by Gasteiger charge is -2.23. The van der Waals surface area contributed by atoms with E-state index in [2.05, 4.69) is 0 Å². The number of nitrogens with one attached hydrogen (secondary N) is 1. The first-order valence-electron chi connectivity index (χ1n) is 9.51. The van der Waals surface area contributed by atoms with Crippen LogP contribution < -0.4 is 4.72 Å². The highest BCUT2D eigenvalue weighted by Gasteiger charge is 2.50. The van der Waals surface area contributed by atoms with E-state index in [1.165, 1.54) is 10.8 Å². The zero-order valence-electron chi connectivity index (χ0n) is 17.7. The summed E-state index contributed by atoms with van der Waals surface area (Å²) in [5.41, 5.74) is -15.3. The van der Waals surface area contributed by atoms with Gasteiger partial charge in [0.1, 0.15) is 0 Å². The minimum Gasteiger partial charge on any atom is -0.276 e. The zero-order valence-corrected chi connectivity index (χ0v) is 18.5.